The van der Waals surface area contributed by atoms with Crippen molar-refractivity contribution in [1.29, 1.82) is 0 Å². The van der Waals surface area contributed by atoms with Gasteiger partial charge in [-0.1, -0.05) is 46.4 Å². The Morgan fingerprint density at radius 3 is 1.70 bits per heavy atom. The molecule has 0 saturated carbocycles. The van der Waals surface area contributed by atoms with Crippen LogP contribution in [0.4, 0.5) is 30.7 Å². The molecule has 0 bridgehead atoms. The van der Waals surface area contributed by atoms with E-state index in [-0.39, 0.29) is 0 Å². The van der Waals surface area contributed by atoms with Gasteiger partial charge in [0.15, 0.2) is 5.82 Å². The van der Waals surface area contributed by atoms with Crippen molar-refractivity contribution in [1.82, 2.24) is 9.97 Å². The molecule has 13 heteroatoms. The third-order valence-electron chi connectivity index (χ3n) is 2.76. The number of imidazole rings is 1. The molecule has 0 aliphatic heterocycles. The summed E-state index contributed by atoms with van der Waals surface area (Å²) >= 11 is 22.6. The largest absolute Gasteiger partial charge is 0.460 e. The van der Waals surface area contributed by atoms with Gasteiger partial charge in [-0.2, -0.15) is 30.7 Å². The fraction of sp³-hybridized carbons (Fsp3) is 0.300. The molecule has 0 radical (unpaired) electrons. The van der Waals surface area contributed by atoms with E-state index in [1.807, 2.05) is 0 Å². The highest BCUT2D eigenvalue weighted by Gasteiger charge is 2.75. The maximum atomic E-state index is 13.6. The van der Waals surface area contributed by atoms with Gasteiger partial charge in [0.2, 0.25) is 0 Å². The molecule has 1 aromatic heterocycles. The summed E-state index contributed by atoms with van der Waals surface area (Å²) in [5.74, 6) is -14.1. The van der Waals surface area contributed by atoms with Crippen LogP contribution >= 0.6 is 46.4 Å². The Morgan fingerprint density at radius 1 is 0.739 bits per heavy atom. The summed E-state index contributed by atoms with van der Waals surface area (Å²) in [6, 6.07) is 0. The van der Waals surface area contributed by atoms with E-state index < -0.39 is 55.0 Å². The summed E-state index contributed by atoms with van der Waals surface area (Å²) in [5.41, 5.74) is -1.18. The maximum absolute atomic E-state index is 13.6. The van der Waals surface area contributed by atoms with Crippen molar-refractivity contribution in [2.45, 2.75) is 18.0 Å². The van der Waals surface area contributed by atoms with E-state index in [1.54, 1.807) is 4.98 Å². The third kappa shape index (κ3) is 2.61. The number of H-pyrrole nitrogens is 1. The number of benzene rings is 1. The minimum absolute atomic E-state index is 0.410. The molecule has 0 unspecified atom stereocenters. The second-order valence-corrected chi connectivity index (χ2v) is 5.72. The Hall–Kier alpha value is -0.640. The van der Waals surface area contributed by atoms with Crippen LogP contribution in [0.25, 0.3) is 11.0 Å². The predicted molar refractivity (Wildman–Crippen MR) is 71.0 cm³/mol. The number of rotatable bonds is 2. The third-order valence-corrected chi connectivity index (χ3v) is 4.55. The molecule has 0 spiro atoms. The van der Waals surface area contributed by atoms with Gasteiger partial charge in [0, 0.05) is 0 Å². The predicted octanol–water partition coefficient (Wildman–Crippen LogP) is 6.47. The van der Waals surface area contributed by atoms with Crippen LogP contribution in [0, 0.1) is 0 Å². The zero-order chi connectivity index (χ0) is 18.0. The molecule has 1 heterocycles. The van der Waals surface area contributed by atoms with Crippen LogP contribution in [0.1, 0.15) is 5.82 Å². The molecule has 0 amide bonds. The standard InChI is InChI=1S/C10HCl4F7N2/c11-1-2(12)4(14)6-5(3(1)13)22-7(23-6)8(15,16)9(17,18)10(19,20)21/h(H,22,23). The fourth-order valence-electron chi connectivity index (χ4n) is 1.57. The molecule has 0 saturated heterocycles. The highest BCUT2D eigenvalue weighted by molar-refractivity contribution is 6.54. The average Bonchev–Trinajstić information content (AvgIpc) is 2.87. The van der Waals surface area contributed by atoms with Crippen LogP contribution in [0.15, 0.2) is 0 Å². The molecule has 2 nitrogen and oxygen atoms in total. The molecule has 2 aromatic rings. The summed E-state index contributed by atoms with van der Waals surface area (Å²) in [6.07, 6.45) is -6.52. The molecule has 2 rings (SSSR count). The van der Waals surface area contributed by atoms with Crippen LogP contribution in [0.3, 0.4) is 0 Å². The summed E-state index contributed by atoms with van der Waals surface area (Å²) < 4.78 is 89.9. The van der Waals surface area contributed by atoms with Crippen LogP contribution in [-0.4, -0.2) is 22.1 Å². The van der Waals surface area contributed by atoms with Gasteiger partial charge in [-0.15, -0.1) is 0 Å². The number of hydrogen-bond acceptors (Lipinski definition) is 1. The number of aromatic nitrogens is 2. The first-order chi connectivity index (χ1) is 10.2. The molecule has 1 N–H and O–H groups in total. The lowest BCUT2D eigenvalue weighted by molar-refractivity contribution is -0.361. The molecule has 0 aliphatic carbocycles. The Balaban J connectivity index is 2.76. The second-order valence-electron chi connectivity index (χ2n) is 4.21. The molecule has 23 heavy (non-hydrogen) atoms. The molecule has 0 fully saturated rings. The molecule has 0 aliphatic rings. The number of nitrogens with one attached hydrogen (secondary N) is 1. The van der Waals surface area contributed by atoms with E-state index in [2.05, 4.69) is 4.98 Å². The van der Waals surface area contributed by atoms with E-state index in [1.165, 1.54) is 0 Å². The van der Waals surface area contributed by atoms with Crippen molar-refractivity contribution < 1.29 is 30.7 Å². The first kappa shape index (κ1) is 18.7. The molecular weight excluding hydrogens is 423 g/mol. The SMILES string of the molecule is FC(F)(F)C(F)(F)C(F)(F)c1nc2c(Cl)c(Cl)c(Cl)c(Cl)c2[nH]1. The highest BCUT2D eigenvalue weighted by atomic mass is 35.5. The normalized spacial score (nSPS) is 13.9. The zero-order valence-corrected chi connectivity index (χ0v) is 13.1. The Kier molecular flexibility index (Phi) is 4.42. The second kappa shape index (κ2) is 5.44. The zero-order valence-electron chi connectivity index (χ0n) is 10.1. The van der Waals surface area contributed by atoms with Gasteiger partial charge in [0.25, 0.3) is 0 Å². The Morgan fingerprint density at radius 2 is 1.22 bits per heavy atom. The number of nitrogens with zero attached hydrogens (tertiary/aromatic N) is 1. The van der Waals surface area contributed by atoms with E-state index in [9.17, 15) is 30.7 Å². The maximum Gasteiger partial charge on any atom is 0.460 e. The summed E-state index contributed by atoms with van der Waals surface area (Å²) in [6.45, 7) is 0. The monoisotopic (exact) mass is 422 g/mol. The highest BCUT2D eigenvalue weighted by Crippen LogP contribution is 2.52. The number of aromatic amines is 1. The van der Waals surface area contributed by atoms with Gasteiger partial charge in [0.05, 0.1) is 25.6 Å². The first-order valence-corrected chi connectivity index (χ1v) is 6.79. The van der Waals surface area contributed by atoms with Gasteiger partial charge in [-0.05, 0) is 0 Å². The molecular formula is C10HCl4F7N2. The van der Waals surface area contributed by atoms with Crippen LogP contribution in [0.2, 0.25) is 20.1 Å². The van der Waals surface area contributed by atoms with Crippen molar-refractivity contribution >= 4 is 57.4 Å². The molecule has 0 atom stereocenters. The van der Waals surface area contributed by atoms with E-state index in [4.69, 9.17) is 46.4 Å². The lowest BCUT2D eigenvalue weighted by Gasteiger charge is -2.26. The lowest BCUT2D eigenvalue weighted by atomic mass is 10.1. The van der Waals surface area contributed by atoms with E-state index in [0.29, 0.717) is 0 Å². The van der Waals surface area contributed by atoms with Crippen molar-refractivity contribution in [3.8, 4) is 0 Å². The minimum Gasteiger partial charge on any atom is -0.335 e. The van der Waals surface area contributed by atoms with Gasteiger partial charge in [0.1, 0.15) is 5.52 Å². The smallest absolute Gasteiger partial charge is 0.335 e. The van der Waals surface area contributed by atoms with Gasteiger partial charge < -0.3 is 4.98 Å². The van der Waals surface area contributed by atoms with Gasteiger partial charge >= 0.3 is 18.0 Å². The topological polar surface area (TPSA) is 28.7 Å². The Bertz CT molecular complexity index is 739. The van der Waals surface area contributed by atoms with E-state index >= 15 is 0 Å². The molecule has 1 aromatic carbocycles. The average molecular weight is 424 g/mol. The summed E-state index contributed by atoms with van der Waals surface area (Å²) in [5, 5.41) is -1.88. The number of alkyl halides is 7. The molecule has 128 valence electrons. The minimum atomic E-state index is -6.52. The Labute approximate surface area is 142 Å². The first-order valence-electron chi connectivity index (χ1n) is 5.28. The summed E-state index contributed by atoms with van der Waals surface area (Å²) in [4.78, 5) is 4.57. The quantitative estimate of drug-likeness (QED) is 0.335. The number of halogens is 11. The van der Waals surface area contributed by atoms with Crippen molar-refractivity contribution in [3.05, 3.63) is 25.9 Å². The number of fused-ring (bicyclic) bond motifs is 1. The van der Waals surface area contributed by atoms with Crippen LogP contribution in [-0.2, 0) is 5.92 Å². The van der Waals surface area contributed by atoms with Crippen molar-refractivity contribution in [3.63, 3.8) is 0 Å². The van der Waals surface area contributed by atoms with Crippen molar-refractivity contribution in [2.75, 3.05) is 0 Å². The van der Waals surface area contributed by atoms with Gasteiger partial charge in [-0.3, -0.25) is 0 Å². The van der Waals surface area contributed by atoms with Crippen LogP contribution < -0.4 is 0 Å². The summed E-state index contributed by atoms with van der Waals surface area (Å²) in [7, 11) is 0. The van der Waals surface area contributed by atoms with Crippen LogP contribution in [0.5, 0.6) is 0 Å². The van der Waals surface area contributed by atoms with Crippen molar-refractivity contribution in [2.24, 2.45) is 0 Å². The van der Waals surface area contributed by atoms with E-state index in [0.717, 1.165) is 0 Å². The lowest BCUT2D eigenvalue weighted by Crippen LogP contribution is -2.50. The van der Waals surface area contributed by atoms with Gasteiger partial charge in [-0.25, -0.2) is 4.98 Å². The fourth-order valence-corrected chi connectivity index (χ4v) is 2.50. The number of hydrogen-bond donors (Lipinski definition) is 1.